The first-order chi connectivity index (χ1) is 9.97. The molecule has 2 aromatic carbocycles. The van der Waals surface area contributed by atoms with Crippen LogP contribution in [0.25, 0.3) is 0 Å². The maximum atomic E-state index is 13.2. The fourth-order valence-electron chi connectivity index (χ4n) is 2.42. The molecule has 1 unspecified atom stereocenters. The molecule has 0 aliphatic carbocycles. The van der Waals surface area contributed by atoms with Gasteiger partial charge in [0.1, 0.15) is 5.82 Å². The van der Waals surface area contributed by atoms with E-state index in [0.29, 0.717) is 5.02 Å². The van der Waals surface area contributed by atoms with Gasteiger partial charge in [0, 0.05) is 20.1 Å². The minimum atomic E-state index is -0.198. The van der Waals surface area contributed by atoms with Crippen LogP contribution in [0.2, 0.25) is 5.02 Å². The van der Waals surface area contributed by atoms with Gasteiger partial charge < -0.3 is 10.2 Å². The van der Waals surface area contributed by atoms with Gasteiger partial charge >= 0.3 is 0 Å². The van der Waals surface area contributed by atoms with Gasteiger partial charge in [0.25, 0.3) is 0 Å². The van der Waals surface area contributed by atoms with Crippen LogP contribution in [0.4, 0.5) is 15.8 Å². The first-order valence-corrected chi connectivity index (χ1v) is 7.32. The predicted octanol–water partition coefficient (Wildman–Crippen LogP) is 4.59. The van der Waals surface area contributed by atoms with E-state index in [0.717, 1.165) is 23.4 Å². The highest BCUT2D eigenvalue weighted by Crippen LogP contribution is 2.33. The van der Waals surface area contributed by atoms with Crippen molar-refractivity contribution in [2.24, 2.45) is 0 Å². The Bertz CT molecular complexity index is 613. The molecule has 112 valence electrons. The van der Waals surface area contributed by atoms with Crippen LogP contribution < -0.4 is 10.2 Å². The van der Waals surface area contributed by atoms with Gasteiger partial charge in [-0.2, -0.15) is 0 Å². The van der Waals surface area contributed by atoms with Crippen molar-refractivity contribution in [3.05, 3.63) is 58.9 Å². The average molecular weight is 307 g/mol. The van der Waals surface area contributed by atoms with Crippen molar-refractivity contribution in [2.45, 2.75) is 19.4 Å². The Balaban J connectivity index is 2.13. The molecule has 21 heavy (non-hydrogen) atoms. The third kappa shape index (κ3) is 4.11. The molecule has 4 heteroatoms. The summed E-state index contributed by atoms with van der Waals surface area (Å²) in [5.41, 5.74) is 2.92. The summed E-state index contributed by atoms with van der Waals surface area (Å²) < 4.78 is 13.2. The Labute approximate surface area is 130 Å². The van der Waals surface area contributed by atoms with Crippen LogP contribution in [0.1, 0.15) is 12.5 Å². The highest BCUT2D eigenvalue weighted by molar-refractivity contribution is 6.34. The van der Waals surface area contributed by atoms with Gasteiger partial charge in [0.2, 0.25) is 0 Å². The quantitative estimate of drug-likeness (QED) is 0.869. The van der Waals surface area contributed by atoms with Gasteiger partial charge in [-0.05, 0) is 43.2 Å². The Morgan fingerprint density at radius 1 is 1.19 bits per heavy atom. The number of hydrogen-bond acceptors (Lipinski definition) is 2. The summed E-state index contributed by atoms with van der Waals surface area (Å²) in [6.07, 6.45) is 0.747. The standard InChI is InChI=1S/C17H20ClFN2/c1-12(10-13-6-4-7-14(19)11-13)20-16-9-5-8-15(18)17(16)21(2)3/h4-9,11-12,20H,10H2,1-3H3. The second-order valence-electron chi connectivity index (χ2n) is 5.41. The van der Waals surface area contributed by atoms with Crippen LogP contribution in [-0.2, 0) is 6.42 Å². The van der Waals surface area contributed by atoms with Gasteiger partial charge in [-0.3, -0.25) is 0 Å². The molecular formula is C17H20ClFN2. The van der Waals surface area contributed by atoms with Crippen LogP contribution in [-0.4, -0.2) is 20.1 Å². The van der Waals surface area contributed by atoms with Crippen molar-refractivity contribution in [3.8, 4) is 0 Å². The van der Waals surface area contributed by atoms with Gasteiger partial charge in [-0.25, -0.2) is 4.39 Å². The number of halogens is 2. The van der Waals surface area contributed by atoms with Crippen molar-refractivity contribution in [1.82, 2.24) is 0 Å². The van der Waals surface area contributed by atoms with Crippen LogP contribution in [0, 0.1) is 5.82 Å². The smallest absolute Gasteiger partial charge is 0.123 e. The van der Waals surface area contributed by atoms with E-state index in [9.17, 15) is 4.39 Å². The number of rotatable bonds is 5. The summed E-state index contributed by atoms with van der Waals surface area (Å²) in [6.45, 7) is 2.07. The van der Waals surface area contributed by atoms with Crippen LogP contribution >= 0.6 is 11.6 Å². The molecule has 1 atom stereocenters. The number of para-hydroxylation sites is 1. The lowest BCUT2D eigenvalue weighted by molar-refractivity contribution is 0.624. The summed E-state index contributed by atoms with van der Waals surface area (Å²) >= 11 is 6.26. The van der Waals surface area contributed by atoms with E-state index in [1.54, 1.807) is 12.1 Å². The molecular weight excluding hydrogens is 287 g/mol. The topological polar surface area (TPSA) is 15.3 Å². The van der Waals surface area contributed by atoms with E-state index in [2.05, 4.69) is 12.2 Å². The van der Waals surface area contributed by atoms with E-state index in [1.165, 1.54) is 6.07 Å². The van der Waals surface area contributed by atoms with Crippen LogP contribution in [0.3, 0.4) is 0 Å². The monoisotopic (exact) mass is 306 g/mol. The Morgan fingerprint density at radius 3 is 2.57 bits per heavy atom. The van der Waals surface area contributed by atoms with Gasteiger partial charge in [-0.15, -0.1) is 0 Å². The van der Waals surface area contributed by atoms with Crippen molar-refractivity contribution in [3.63, 3.8) is 0 Å². The minimum absolute atomic E-state index is 0.170. The highest BCUT2D eigenvalue weighted by atomic mass is 35.5. The summed E-state index contributed by atoms with van der Waals surface area (Å²) in [4.78, 5) is 1.99. The third-order valence-electron chi connectivity index (χ3n) is 3.27. The van der Waals surface area contributed by atoms with Crippen molar-refractivity contribution < 1.29 is 4.39 Å². The summed E-state index contributed by atoms with van der Waals surface area (Å²) in [7, 11) is 3.92. The van der Waals surface area contributed by atoms with Gasteiger partial charge in [0.15, 0.2) is 0 Å². The number of nitrogens with one attached hydrogen (secondary N) is 1. The molecule has 0 aliphatic heterocycles. The number of nitrogens with zero attached hydrogens (tertiary/aromatic N) is 1. The minimum Gasteiger partial charge on any atom is -0.381 e. The molecule has 0 heterocycles. The molecule has 0 aliphatic rings. The zero-order valence-electron chi connectivity index (χ0n) is 12.5. The Morgan fingerprint density at radius 2 is 1.90 bits per heavy atom. The summed E-state index contributed by atoms with van der Waals surface area (Å²) in [6, 6.07) is 12.7. The molecule has 0 spiro atoms. The largest absolute Gasteiger partial charge is 0.381 e. The average Bonchev–Trinajstić information content (AvgIpc) is 2.37. The number of benzene rings is 2. The maximum Gasteiger partial charge on any atom is 0.123 e. The molecule has 0 radical (unpaired) electrons. The normalized spacial score (nSPS) is 12.0. The van der Waals surface area contributed by atoms with E-state index in [-0.39, 0.29) is 11.9 Å². The summed E-state index contributed by atoms with van der Waals surface area (Å²) in [5.74, 6) is -0.198. The first-order valence-electron chi connectivity index (χ1n) is 6.94. The molecule has 2 aromatic rings. The van der Waals surface area contributed by atoms with E-state index < -0.39 is 0 Å². The van der Waals surface area contributed by atoms with Crippen molar-refractivity contribution in [1.29, 1.82) is 0 Å². The lowest BCUT2D eigenvalue weighted by atomic mass is 10.1. The zero-order chi connectivity index (χ0) is 15.4. The van der Waals surface area contributed by atoms with Crippen LogP contribution in [0.15, 0.2) is 42.5 Å². The molecule has 0 amide bonds. The lowest BCUT2D eigenvalue weighted by Crippen LogP contribution is -2.21. The first kappa shape index (κ1) is 15.6. The van der Waals surface area contributed by atoms with Crippen molar-refractivity contribution >= 4 is 23.0 Å². The van der Waals surface area contributed by atoms with Crippen molar-refractivity contribution in [2.75, 3.05) is 24.3 Å². The molecule has 0 aromatic heterocycles. The fourth-order valence-corrected chi connectivity index (χ4v) is 2.76. The second kappa shape index (κ2) is 6.81. The highest BCUT2D eigenvalue weighted by Gasteiger charge is 2.11. The third-order valence-corrected chi connectivity index (χ3v) is 3.57. The van der Waals surface area contributed by atoms with E-state index in [1.807, 2.05) is 43.3 Å². The molecule has 0 fully saturated rings. The SMILES string of the molecule is CC(Cc1cccc(F)c1)Nc1cccc(Cl)c1N(C)C. The number of anilines is 2. The van der Waals surface area contributed by atoms with Crippen LogP contribution in [0.5, 0.6) is 0 Å². The zero-order valence-corrected chi connectivity index (χ0v) is 13.3. The molecule has 2 nitrogen and oxygen atoms in total. The van der Waals surface area contributed by atoms with Gasteiger partial charge in [0.05, 0.1) is 16.4 Å². The molecule has 1 N–H and O–H groups in total. The van der Waals surface area contributed by atoms with Gasteiger partial charge in [-0.1, -0.05) is 29.8 Å². The maximum absolute atomic E-state index is 13.2. The Kier molecular flexibility index (Phi) is 5.07. The lowest BCUT2D eigenvalue weighted by Gasteiger charge is -2.23. The molecule has 2 rings (SSSR count). The van der Waals surface area contributed by atoms with E-state index >= 15 is 0 Å². The van der Waals surface area contributed by atoms with E-state index in [4.69, 9.17) is 11.6 Å². The Hall–Kier alpha value is -1.74. The molecule has 0 saturated heterocycles. The summed E-state index contributed by atoms with van der Waals surface area (Å²) in [5, 5.41) is 4.16. The molecule has 0 saturated carbocycles. The second-order valence-corrected chi connectivity index (χ2v) is 5.82. The fraction of sp³-hybridized carbons (Fsp3) is 0.294. The molecule has 0 bridgehead atoms. The predicted molar refractivity (Wildman–Crippen MR) is 89.0 cm³/mol. The number of hydrogen-bond donors (Lipinski definition) is 1.